The van der Waals surface area contributed by atoms with Gasteiger partial charge in [-0.2, -0.15) is 46.7 Å². The van der Waals surface area contributed by atoms with E-state index in [1.54, 1.807) is 0 Å². The topological polar surface area (TPSA) is 273 Å². The number of hydrogen-bond acceptors (Lipinski definition) is 18. The van der Waals surface area contributed by atoms with Gasteiger partial charge in [0.2, 0.25) is 23.8 Å². The van der Waals surface area contributed by atoms with Crippen molar-refractivity contribution in [2.75, 3.05) is 74.5 Å². The smallest absolute Gasteiger partial charge is 0.322 e. The average molecular weight is 733 g/mol. The van der Waals surface area contributed by atoms with Gasteiger partial charge >= 0.3 is 12.0 Å². The maximum Gasteiger partial charge on any atom is 0.322 e. The van der Waals surface area contributed by atoms with Crippen molar-refractivity contribution in [3.8, 4) is 12.0 Å². The molecule has 0 aliphatic carbocycles. The van der Waals surface area contributed by atoms with Crippen LogP contribution >= 0.6 is 0 Å². The molecule has 4 aromatic rings. The molecule has 20 nitrogen and oxygen atoms in total. The lowest BCUT2D eigenvalue weighted by Gasteiger charge is -2.26. The second kappa shape index (κ2) is 15.5. The molecule has 1 saturated heterocycles. The van der Waals surface area contributed by atoms with E-state index in [9.17, 15) is 25.9 Å². The normalized spacial score (nSPS) is 13.7. The number of anilines is 6. The van der Waals surface area contributed by atoms with Crippen LogP contribution in [-0.2, 0) is 25.0 Å². The van der Waals surface area contributed by atoms with Gasteiger partial charge in [0.05, 0.1) is 34.0 Å². The number of aliphatic hydroxyl groups excluding tert-OH is 1. The summed E-state index contributed by atoms with van der Waals surface area (Å²) in [7, 11) is -6.89. The summed E-state index contributed by atoms with van der Waals surface area (Å²) < 4.78 is 85.3. The van der Waals surface area contributed by atoms with E-state index in [0.717, 1.165) is 12.1 Å². The van der Waals surface area contributed by atoms with Crippen LogP contribution in [0, 0.1) is 0 Å². The van der Waals surface area contributed by atoms with Crippen molar-refractivity contribution in [3.05, 3.63) is 47.5 Å². The number of hydrogen-bond donors (Lipinski definition) is 6. The van der Waals surface area contributed by atoms with Crippen LogP contribution < -0.4 is 30.3 Å². The maximum atomic E-state index is 12.4. The fourth-order valence-corrected chi connectivity index (χ4v) is 5.95. The Kier molecular flexibility index (Phi) is 11.2. The fourth-order valence-electron chi connectivity index (χ4n) is 4.53. The summed E-state index contributed by atoms with van der Waals surface area (Å²) in [5.41, 5.74) is 0.309. The SMILES string of the molecule is COc1nc(NCCO)nc(Nc2ccc(/C=C/c3ccc(Nc4nc(OC)nc(N5CCOCC5)n4)cc3S(=O)(=O)O)c(S(=O)(=O)O)c2)n1. The van der Waals surface area contributed by atoms with Crippen LogP contribution in [0.4, 0.5) is 35.2 Å². The van der Waals surface area contributed by atoms with Gasteiger partial charge in [-0.25, -0.2) is 0 Å². The largest absolute Gasteiger partial charge is 0.467 e. The van der Waals surface area contributed by atoms with Crippen molar-refractivity contribution in [2.24, 2.45) is 0 Å². The zero-order chi connectivity index (χ0) is 35.9. The number of ether oxygens (including phenoxy) is 3. The van der Waals surface area contributed by atoms with Crippen LogP contribution in [0.25, 0.3) is 12.2 Å². The van der Waals surface area contributed by atoms with Gasteiger partial charge in [-0.3, -0.25) is 9.11 Å². The van der Waals surface area contributed by atoms with E-state index >= 15 is 0 Å². The number of benzene rings is 2. The molecule has 1 aliphatic rings. The van der Waals surface area contributed by atoms with Crippen LogP contribution in [0.15, 0.2) is 46.2 Å². The molecule has 0 unspecified atom stereocenters. The van der Waals surface area contributed by atoms with Gasteiger partial charge in [0.1, 0.15) is 9.79 Å². The van der Waals surface area contributed by atoms with Crippen molar-refractivity contribution in [2.45, 2.75) is 9.79 Å². The third kappa shape index (κ3) is 9.25. The zero-order valence-corrected chi connectivity index (χ0v) is 28.1. The van der Waals surface area contributed by atoms with E-state index in [1.165, 1.54) is 50.6 Å². The van der Waals surface area contributed by atoms with Crippen molar-refractivity contribution in [1.29, 1.82) is 0 Å². The molecule has 2 aromatic heterocycles. The van der Waals surface area contributed by atoms with Gasteiger partial charge in [0.25, 0.3) is 20.2 Å². The fraction of sp³-hybridized carbons (Fsp3) is 0.286. The van der Waals surface area contributed by atoms with E-state index in [2.05, 4.69) is 45.9 Å². The third-order valence-corrected chi connectivity index (χ3v) is 8.63. The van der Waals surface area contributed by atoms with E-state index < -0.39 is 30.0 Å². The molecule has 0 spiro atoms. The minimum atomic E-state index is -4.81. The molecule has 0 saturated carbocycles. The minimum absolute atomic E-state index is 0.0102. The molecule has 0 amide bonds. The second-order valence-electron chi connectivity index (χ2n) is 10.2. The quantitative estimate of drug-likeness (QED) is 0.0791. The van der Waals surface area contributed by atoms with Crippen LogP contribution in [0.1, 0.15) is 11.1 Å². The first kappa shape index (κ1) is 36.0. The lowest BCUT2D eigenvalue weighted by atomic mass is 10.1. The number of nitrogens with zero attached hydrogens (tertiary/aromatic N) is 7. The summed E-state index contributed by atoms with van der Waals surface area (Å²) in [5, 5.41) is 17.5. The second-order valence-corrected chi connectivity index (χ2v) is 13.0. The molecule has 266 valence electrons. The molecule has 0 radical (unpaired) electrons. The lowest BCUT2D eigenvalue weighted by molar-refractivity contribution is 0.122. The standard InChI is InChI=1S/C28H32N10O10S2/c1-46-27-34-23(29-9-12-39)32-24(35-27)30-19-7-5-17(21(15-19)49(40,41)42)3-4-18-6-8-20(16-22(18)50(43,44)45)31-25-33-26(37-28(36-25)47-2)38-10-13-48-14-11-38/h3-8,15-16,39H,9-14H2,1-2H3,(H,40,41,42)(H,43,44,45)(H,31,33,36,37)(H2,29,30,32,34,35)/b4-3+. The van der Waals surface area contributed by atoms with Gasteiger partial charge in [-0.1, -0.05) is 24.3 Å². The Morgan fingerprint density at radius 3 is 1.76 bits per heavy atom. The molecule has 1 aliphatic heterocycles. The van der Waals surface area contributed by atoms with Gasteiger partial charge < -0.3 is 40.2 Å². The monoisotopic (exact) mass is 732 g/mol. The predicted octanol–water partition coefficient (Wildman–Crippen LogP) is 1.47. The first-order chi connectivity index (χ1) is 23.9. The Balaban J connectivity index is 1.43. The molecular weight excluding hydrogens is 701 g/mol. The Labute approximate surface area is 286 Å². The maximum absolute atomic E-state index is 12.4. The Bertz CT molecular complexity index is 2100. The summed E-state index contributed by atoms with van der Waals surface area (Å²) in [5.74, 6) is 0.398. The Hall–Kier alpha value is -5.26. The van der Waals surface area contributed by atoms with Gasteiger partial charge in [0.15, 0.2) is 0 Å². The van der Waals surface area contributed by atoms with Crippen LogP contribution in [0.5, 0.6) is 12.0 Å². The summed E-state index contributed by atoms with van der Waals surface area (Å²) in [6.45, 7) is 2.00. The van der Waals surface area contributed by atoms with Crippen molar-refractivity contribution in [3.63, 3.8) is 0 Å². The highest BCUT2D eigenvalue weighted by Crippen LogP contribution is 2.28. The van der Waals surface area contributed by atoms with E-state index in [0.29, 0.717) is 32.3 Å². The lowest BCUT2D eigenvalue weighted by Crippen LogP contribution is -2.37. The Morgan fingerprint density at radius 2 is 1.26 bits per heavy atom. The van der Waals surface area contributed by atoms with Crippen molar-refractivity contribution in [1.82, 2.24) is 29.9 Å². The van der Waals surface area contributed by atoms with Gasteiger partial charge in [0, 0.05) is 31.0 Å². The summed E-state index contributed by atoms with van der Waals surface area (Å²) in [4.78, 5) is 25.8. The highest BCUT2D eigenvalue weighted by molar-refractivity contribution is 7.86. The number of aliphatic hydroxyl groups is 1. The van der Waals surface area contributed by atoms with E-state index in [1.807, 2.05) is 4.90 Å². The van der Waals surface area contributed by atoms with Crippen LogP contribution in [0.3, 0.4) is 0 Å². The highest BCUT2D eigenvalue weighted by Gasteiger charge is 2.20. The molecule has 5 rings (SSSR count). The molecule has 2 aromatic carbocycles. The summed E-state index contributed by atoms with van der Waals surface area (Å²) in [6.07, 6.45) is 2.50. The number of nitrogens with one attached hydrogen (secondary N) is 3. The van der Waals surface area contributed by atoms with Crippen molar-refractivity contribution < 1.29 is 45.3 Å². The highest BCUT2D eigenvalue weighted by atomic mass is 32.2. The summed E-state index contributed by atoms with van der Waals surface area (Å²) >= 11 is 0. The van der Waals surface area contributed by atoms with E-state index in [-0.39, 0.29) is 65.5 Å². The first-order valence-electron chi connectivity index (χ1n) is 14.6. The molecular formula is C28H32N10O10S2. The van der Waals surface area contributed by atoms with E-state index in [4.69, 9.17) is 19.3 Å². The Morgan fingerprint density at radius 1 is 0.760 bits per heavy atom. The van der Waals surface area contributed by atoms with Gasteiger partial charge in [-0.15, -0.1) is 0 Å². The number of aromatic nitrogens is 6. The van der Waals surface area contributed by atoms with Crippen molar-refractivity contribution >= 4 is 67.6 Å². The number of morpholine rings is 1. The van der Waals surface area contributed by atoms with Crippen LogP contribution in [0.2, 0.25) is 0 Å². The molecule has 22 heteroatoms. The predicted molar refractivity (Wildman–Crippen MR) is 179 cm³/mol. The molecule has 6 N–H and O–H groups in total. The number of methoxy groups -OCH3 is 2. The van der Waals surface area contributed by atoms with Gasteiger partial charge in [-0.05, 0) is 35.4 Å². The van der Waals surface area contributed by atoms with Crippen LogP contribution in [-0.4, -0.2) is 115 Å². The first-order valence-corrected chi connectivity index (χ1v) is 17.5. The molecule has 3 heterocycles. The minimum Gasteiger partial charge on any atom is -0.467 e. The zero-order valence-electron chi connectivity index (χ0n) is 26.5. The molecule has 50 heavy (non-hydrogen) atoms. The third-order valence-electron chi connectivity index (χ3n) is 6.81. The summed E-state index contributed by atoms with van der Waals surface area (Å²) in [6, 6.07) is 7.84. The molecule has 0 bridgehead atoms. The molecule has 1 fully saturated rings. The number of rotatable bonds is 14. The average Bonchev–Trinajstić information content (AvgIpc) is 3.09. The molecule has 0 atom stereocenters.